The maximum Gasteiger partial charge on any atom is 0.250 e. The molecule has 1 rings (SSSR count). The van der Waals surface area contributed by atoms with Gasteiger partial charge in [-0.15, -0.1) is 0 Å². The van der Waals surface area contributed by atoms with Crippen LogP contribution in [0.4, 0.5) is 11.4 Å². The third-order valence-corrected chi connectivity index (χ3v) is 2.79. The number of benzene rings is 1. The first-order valence-corrected chi connectivity index (χ1v) is 6.58. The lowest BCUT2D eigenvalue weighted by Gasteiger charge is -2.25. The molecule has 0 unspecified atom stereocenters. The molecule has 0 aliphatic heterocycles. The molecule has 5 N–H and O–H groups in total. The molecule has 1 aromatic carbocycles. The molecule has 0 aromatic heterocycles. The molecule has 6 nitrogen and oxygen atoms in total. The monoisotopic (exact) mass is 278 g/mol. The lowest BCUT2D eigenvalue weighted by molar-refractivity contribution is -0.120. The van der Waals surface area contributed by atoms with Crippen LogP contribution in [-0.4, -0.2) is 30.9 Å². The Kier molecular flexibility index (Phi) is 5.37. The van der Waals surface area contributed by atoms with E-state index in [-0.39, 0.29) is 18.5 Å². The van der Waals surface area contributed by atoms with Crippen molar-refractivity contribution in [2.45, 2.75) is 26.8 Å². The number of nitrogens with two attached hydrogens (primary N) is 2. The van der Waals surface area contributed by atoms with Gasteiger partial charge in [0.1, 0.15) is 0 Å². The number of hydrogen-bond acceptors (Lipinski definition) is 4. The van der Waals surface area contributed by atoms with E-state index in [0.717, 1.165) is 0 Å². The zero-order valence-electron chi connectivity index (χ0n) is 12.1. The van der Waals surface area contributed by atoms with Crippen LogP contribution in [0.15, 0.2) is 18.2 Å². The molecule has 6 heteroatoms. The molecule has 0 bridgehead atoms. The van der Waals surface area contributed by atoms with Crippen LogP contribution in [0.3, 0.4) is 0 Å². The van der Waals surface area contributed by atoms with E-state index in [1.807, 2.05) is 20.8 Å². The lowest BCUT2D eigenvalue weighted by Crippen LogP contribution is -2.40. The number of carbonyl (C=O) groups excluding carboxylic acids is 2. The Morgan fingerprint density at radius 1 is 1.35 bits per heavy atom. The minimum absolute atomic E-state index is 0.0673. The number of carbonyl (C=O) groups is 2. The van der Waals surface area contributed by atoms with E-state index >= 15 is 0 Å². The van der Waals surface area contributed by atoms with E-state index in [2.05, 4.69) is 5.32 Å². The second-order valence-electron chi connectivity index (χ2n) is 4.88. The smallest absolute Gasteiger partial charge is 0.250 e. The van der Waals surface area contributed by atoms with Crippen molar-refractivity contribution in [1.29, 1.82) is 0 Å². The lowest BCUT2D eigenvalue weighted by atomic mass is 10.1. The molecule has 2 amide bonds. The average Bonchev–Trinajstić information content (AvgIpc) is 2.34. The van der Waals surface area contributed by atoms with E-state index < -0.39 is 5.91 Å². The molecule has 1 aromatic rings. The fourth-order valence-corrected chi connectivity index (χ4v) is 1.93. The molecule has 110 valence electrons. The highest BCUT2D eigenvalue weighted by atomic mass is 16.2. The fraction of sp³-hybridized carbons (Fsp3) is 0.429. The van der Waals surface area contributed by atoms with E-state index in [0.29, 0.717) is 23.5 Å². The first kappa shape index (κ1) is 15.8. The maximum atomic E-state index is 11.9. The van der Waals surface area contributed by atoms with Gasteiger partial charge in [0.05, 0.1) is 17.8 Å². The van der Waals surface area contributed by atoms with Crippen molar-refractivity contribution < 1.29 is 9.59 Å². The second kappa shape index (κ2) is 6.79. The molecule has 0 radical (unpaired) electrons. The molecule has 0 aliphatic carbocycles. The molecular weight excluding hydrogens is 256 g/mol. The minimum Gasteiger partial charge on any atom is -0.399 e. The molecule has 0 spiro atoms. The van der Waals surface area contributed by atoms with Crippen LogP contribution in [-0.2, 0) is 4.79 Å². The van der Waals surface area contributed by atoms with Crippen molar-refractivity contribution in [3.8, 4) is 0 Å². The summed E-state index contributed by atoms with van der Waals surface area (Å²) in [5.74, 6) is -0.651. The van der Waals surface area contributed by atoms with Crippen LogP contribution >= 0.6 is 0 Å². The number of primary amides is 1. The van der Waals surface area contributed by atoms with Crippen molar-refractivity contribution in [2.24, 2.45) is 5.73 Å². The van der Waals surface area contributed by atoms with E-state index in [9.17, 15) is 9.59 Å². The third kappa shape index (κ3) is 4.15. The number of nitrogen functional groups attached to an aromatic ring is 1. The van der Waals surface area contributed by atoms with Crippen LogP contribution in [0.25, 0.3) is 0 Å². The zero-order chi connectivity index (χ0) is 15.3. The van der Waals surface area contributed by atoms with Gasteiger partial charge in [0, 0.05) is 18.3 Å². The summed E-state index contributed by atoms with van der Waals surface area (Å²) in [6, 6.07) is 4.92. The summed E-state index contributed by atoms with van der Waals surface area (Å²) >= 11 is 0. The molecular formula is C14H22N4O2. The molecule has 0 saturated heterocycles. The summed E-state index contributed by atoms with van der Waals surface area (Å²) in [6.45, 7) is 6.40. The molecule has 20 heavy (non-hydrogen) atoms. The molecule has 0 saturated carbocycles. The van der Waals surface area contributed by atoms with Crippen LogP contribution in [0.1, 0.15) is 31.1 Å². The van der Waals surface area contributed by atoms with Gasteiger partial charge in [-0.2, -0.15) is 0 Å². The Bertz CT molecular complexity index is 500. The first-order valence-electron chi connectivity index (χ1n) is 6.58. The summed E-state index contributed by atoms with van der Waals surface area (Å²) in [4.78, 5) is 25.1. The van der Waals surface area contributed by atoms with Crippen LogP contribution in [0.2, 0.25) is 0 Å². The van der Waals surface area contributed by atoms with Gasteiger partial charge in [0.15, 0.2) is 0 Å². The molecule has 0 aliphatic rings. The topological polar surface area (TPSA) is 101 Å². The summed E-state index contributed by atoms with van der Waals surface area (Å²) in [5, 5.41) is 2.81. The van der Waals surface area contributed by atoms with Crippen molar-refractivity contribution in [3.05, 3.63) is 23.8 Å². The second-order valence-corrected chi connectivity index (χ2v) is 4.88. The summed E-state index contributed by atoms with van der Waals surface area (Å²) in [7, 11) is 0. The number of amides is 2. The Hall–Kier alpha value is -2.24. The summed E-state index contributed by atoms with van der Waals surface area (Å²) in [6.07, 6.45) is 0. The number of nitrogens with one attached hydrogen (secondary N) is 1. The largest absolute Gasteiger partial charge is 0.399 e. The predicted molar refractivity (Wildman–Crippen MR) is 80.5 cm³/mol. The van der Waals surface area contributed by atoms with Crippen LogP contribution in [0.5, 0.6) is 0 Å². The van der Waals surface area contributed by atoms with Crippen LogP contribution in [0, 0.1) is 0 Å². The van der Waals surface area contributed by atoms with E-state index in [4.69, 9.17) is 11.5 Å². The van der Waals surface area contributed by atoms with Crippen molar-refractivity contribution >= 4 is 23.2 Å². The maximum absolute atomic E-state index is 11.9. The SMILES string of the molecule is CCN(CC(=O)NC(C)C)c1cc(N)ccc1C(N)=O. The van der Waals surface area contributed by atoms with Gasteiger partial charge >= 0.3 is 0 Å². The first-order chi connectivity index (χ1) is 9.35. The van der Waals surface area contributed by atoms with E-state index in [1.54, 1.807) is 23.1 Å². The number of likely N-dealkylation sites (N-methyl/N-ethyl adjacent to an activating group) is 1. The van der Waals surface area contributed by atoms with Gasteiger partial charge in [0.25, 0.3) is 5.91 Å². The van der Waals surface area contributed by atoms with E-state index in [1.165, 1.54) is 0 Å². The fourth-order valence-electron chi connectivity index (χ4n) is 1.93. The summed E-state index contributed by atoms with van der Waals surface area (Å²) in [5.41, 5.74) is 12.6. The Labute approximate surface area is 119 Å². The third-order valence-electron chi connectivity index (χ3n) is 2.79. The highest BCUT2D eigenvalue weighted by Crippen LogP contribution is 2.23. The van der Waals surface area contributed by atoms with Crippen molar-refractivity contribution in [3.63, 3.8) is 0 Å². The zero-order valence-corrected chi connectivity index (χ0v) is 12.1. The van der Waals surface area contributed by atoms with Crippen molar-refractivity contribution in [2.75, 3.05) is 23.7 Å². The highest BCUT2D eigenvalue weighted by molar-refractivity contribution is 6.00. The molecule has 0 atom stereocenters. The number of nitrogens with zero attached hydrogens (tertiary/aromatic N) is 1. The normalized spacial score (nSPS) is 10.4. The number of hydrogen-bond donors (Lipinski definition) is 3. The Morgan fingerprint density at radius 3 is 2.50 bits per heavy atom. The Morgan fingerprint density at radius 2 is 2.00 bits per heavy atom. The minimum atomic E-state index is -0.539. The summed E-state index contributed by atoms with van der Waals surface area (Å²) < 4.78 is 0. The number of rotatable bonds is 6. The average molecular weight is 278 g/mol. The van der Waals surface area contributed by atoms with Gasteiger partial charge in [-0.25, -0.2) is 0 Å². The predicted octanol–water partition coefficient (Wildman–Crippen LogP) is 0.719. The molecule has 0 heterocycles. The van der Waals surface area contributed by atoms with Crippen molar-refractivity contribution in [1.82, 2.24) is 5.32 Å². The quantitative estimate of drug-likeness (QED) is 0.667. The van der Waals surface area contributed by atoms with Gasteiger partial charge in [0.2, 0.25) is 5.91 Å². The Balaban J connectivity index is 3.02. The van der Waals surface area contributed by atoms with Crippen LogP contribution < -0.4 is 21.7 Å². The van der Waals surface area contributed by atoms with Gasteiger partial charge in [-0.1, -0.05) is 0 Å². The molecule has 0 fully saturated rings. The van der Waals surface area contributed by atoms with Gasteiger partial charge in [-0.3, -0.25) is 9.59 Å². The van der Waals surface area contributed by atoms with Gasteiger partial charge in [-0.05, 0) is 39.0 Å². The van der Waals surface area contributed by atoms with Gasteiger partial charge < -0.3 is 21.7 Å². The standard InChI is InChI=1S/C14H22N4O2/c1-4-18(8-13(19)17-9(2)3)12-7-10(15)5-6-11(12)14(16)20/h5-7,9H,4,8,15H2,1-3H3,(H2,16,20)(H,17,19). The highest BCUT2D eigenvalue weighted by Gasteiger charge is 2.17. The number of anilines is 2.